The molecule has 0 bridgehead atoms. The molecule has 7 heteroatoms. The third-order valence-electron chi connectivity index (χ3n) is 3.41. The summed E-state index contributed by atoms with van der Waals surface area (Å²) in [7, 11) is 0. The fraction of sp³-hybridized carbons (Fsp3) is 0.438. The number of urea groups is 1. The van der Waals surface area contributed by atoms with Crippen LogP contribution in [0.25, 0.3) is 11.4 Å². The fourth-order valence-electron chi connectivity index (χ4n) is 2.19. The highest BCUT2D eigenvalue weighted by Gasteiger charge is 2.13. The van der Waals surface area contributed by atoms with Gasteiger partial charge in [-0.15, -0.1) is 0 Å². The van der Waals surface area contributed by atoms with E-state index in [1.54, 1.807) is 4.90 Å². The highest BCUT2D eigenvalue weighted by molar-refractivity contribution is 5.90. The Morgan fingerprint density at radius 3 is 2.87 bits per heavy atom. The average Bonchev–Trinajstić information content (AvgIpc) is 2.98. The minimum atomic E-state index is -0.212. The minimum Gasteiger partial charge on any atom is -0.395 e. The molecule has 2 aromatic rings. The number of amides is 2. The molecule has 2 amide bonds. The number of carbonyl (C=O) groups excluding carboxylic acids is 1. The molecule has 1 aromatic carbocycles. The van der Waals surface area contributed by atoms with Gasteiger partial charge in [-0.3, -0.25) is 5.10 Å². The number of H-pyrrole nitrogens is 1. The summed E-state index contributed by atoms with van der Waals surface area (Å²) in [5, 5.41) is 18.9. The van der Waals surface area contributed by atoms with Gasteiger partial charge in [0.05, 0.1) is 6.61 Å². The first-order valence-corrected chi connectivity index (χ1v) is 7.80. The zero-order valence-electron chi connectivity index (χ0n) is 13.5. The summed E-state index contributed by atoms with van der Waals surface area (Å²) < 4.78 is 0. The molecule has 124 valence electrons. The van der Waals surface area contributed by atoms with Gasteiger partial charge in [-0.25, -0.2) is 9.78 Å². The van der Waals surface area contributed by atoms with Crippen LogP contribution < -0.4 is 5.32 Å². The molecule has 0 aliphatic heterocycles. The van der Waals surface area contributed by atoms with E-state index in [9.17, 15) is 4.79 Å². The van der Waals surface area contributed by atoms with Crippen molar-refractivity contribution in [3.05, 3.63) is 30.1 Å². The van der Waals surface area contributed by atoms with Gasteiger partial charge in [-0.05, 0) is 25.5 Å². The number of carbonyl (C=O) groups is 1. The molecule has 0 fully saturated rings. The summed E-state index contributed by atoms with van der Waals surface area (Å²) in [6.07, 6.45) is 1.90. The molecular formula is C16H23N5O2. The number of benzene rings is 1. The molecule has 0 aliphatic carbocycles. The molecule has 0 aliphatic rings. The van der Waals surface area contributed by atoms with Gasteiger partial charge in [0.15, 0.2) is 5.82 Å². The largest absolute Gasteiger partial charge is 0.395 e. The van der Waals surface area contributed by atoms with Gasteiger partial charge in [0.25, 0.3) is 0 Å². The Labute approximate surface area is 135 Å². The second kappa shape index (κ2) is 8.28. The Morgan fingerprint density at radius 1 is 1.39 bits per heavy atom. The van der Waals surface area contributed by atoms with Crippen LogP contribution in [-0.4, -0.2) is 50.9 Å². The number of hydrogen-bond donors (Lipinski definition) is 3. The lowest BCUT2D eigenvalue weighted by atomic mass is 10.2. The molecule has 1 heterocycles. The lowest BCUT2D eigenvalue weighted by Crippen LogP contribution is -2.37. The number of nitrogens with one attached hydrogen (secondary N) is 2. The number of rotatable bonds is 7. The lowest BCUT2D eigenvalue weighted by Gasteiger charge is -2.22. The van der Waals surface area contributed by atoms with Crippen LogP contribution in [0.5, 0.6) is 0 Å². The van der Waals surface area contributed by atoms with Crippen LogP contribution in [0.1, 0.15) is 25.6 Å². The molecule has 0 saturated carbocycles. The van der Waals surface area contributed by atoms with Crippen molar-refractivity contribution in [3.8, 4) is 11.4 Å². The number of nitrogens with zero attached hydrogens (tertiary/aromatic N) is 3. The van der Waals surface area contributed by atoms with Gasteiger partial charge in [0, 0.05) is 24.3 Å². The van der Waals surface area contributed by atoms with Crippen LogP contribution in [0.15, 0.2) is 24.3 Å². The highest BCUT2D eigenvalue weighted by Crippen LogP contribution is 2.19. The number of hydrogen-bond acceptors (Lipinski definition) is 4. The summed E-state index contributed by atoms with van der Waals surface area (Å²) in [4.78, 5) is 18.2. The SMILES string of the molecule is CCCCN(CCO)C(=O)Nc1cccc(-c2n[nH]c(C)n2)c1. The van der Waals surface area contributed by atoms with E-state index in [-0.39, 0.29) is 12.6 Å². The maximum atomic E-state index is 12.3. The van der Waals surface area contributed by atoms with Crippen molar-refractivity contribution in [2.45, 2.75) is 26.7 Å². The van der Waals surface area contributed by atoms with Gasteiger partial charge in [-0.2, -0.15) is 5.10 Å². The van der Waals surface area contributed by atoms with Crippen molar-refractivity contribution in [2.75, 3.05) is 25.0 Å². The van der Waals surface area contributed by atoms with E-state index >= 15 is 0 Å². The summed E-state index contributed by atoms with van der Waals surface area (Å²) >= 11 is 0. The topological polar surface area (TPSA) is 94.1 Å². The standard InChI is InChI=1S/C16H23N5O2/c1-3-4-8-21(9-10-22)16(23)18-14-7-5-6-13(11-14)15-17-12(2)19-20-15/h5-7,11,22H,3-4,8-10H2,1-2H3,(H,18,23)(H,17,19,20). The van der Waals surface area contributed by atoms with E-state index in [1.165, 1.54) is 0 Å². The fourth-order valence-corrected chi connectivity index (χ4v) is 2.19. The van der Waals surface area contributed by atoms with Gasteiger partial charge in [0.1, 0.15) is 5.82 Å². The molecule has 1 aromatic heterocycles. The predicted molar refractivity (Wildman–Crippen MR) is 89.1 cm³/mol. The van der Waals surface area contributed by atoms with Gasteiger partial charge in [-0.1, -0.05) is 25.5 Å². The molecule has 0 spiro atoms. The number of anilines is 1. The summed E-state index contributed by atoms with van der Waals surface area (Å²) in [5.41, 5.74) is 1.50. The quantitative estimate of drug-likeness (QED) is 0.731. The van der Waals surface area contributed by atoms with Crippen LogP contribution in [0.2, 0.25) is 0 Å². The zero-order valence-corrected chi connectivity index (χ0v) is 13.5. The van der Waals surface area contributed by atoms with Gasteiger partial charge >= 0.3 is 6.03 Å². The minimum absolute atomic E-state index is 0.0480. The maximum Gasteiger partial charge on any atom is 0.321 e. The molecule has 0 atom stereocenters. The first-order chi connectivity index (χ1) is 11.1. The zero-order chi connectivity index (χ0) is 16.7. The van der Waals surface area contributed by atoms with Crippen LogP contribution in [0.4, 0.5) is 10.5 Å². The molecule has 23 heavy (non-hydrogen) atoms. The van der Waals surface area contributed by atoms with Gasteiger partial charge < -0.3 is 15.3 Å². The first kappa shape index (κ1) is 17.0. The van der Waals surface area contributed by atoms with E-state index in [2.05, 4.69) is 27.4 Å². The Kier molecular flexibility index (Phi) is 6.10. The smallest absolute Gasteiger partial charge is 0.321 e. The number of aromatic amines is 1. The second-order valence-corrected chi connectivity index (χ2v) is 5.32. The molecule has 0 radical (unpaired) electrons. The van der Waals surface area contributed by atoms with Crippen LogP contribution in [0.3, 0.4) is 0 Å². The number of aliphatic hydroxyl groups is 1. The third-order valence-corrected chi connectivity index (χ3v) is 3.41. The Balaban J connectivity index is 2.08. The van der Waals surface area contributed by atoms with E-state index in [4.69, 9.17) is 5.11 Å². The van der Waals surface area contributed by atoms with Crippen LogP contribution >= 0.6 is 0 Å². The van der Waals surface area contributed by atoms with Crippen molar-refractivity contribution >= 4 is 11.7 Å². The molecular weight excluding hydrogens is 294 g/mol. The Hall–Kier alpha value is -2.41. The molecule has 0 unspecified atom stereocenters. The first-order valence-electron chi connectivity index (χ1n) is 7.80. The van der Waals surface area contributed by atoms with Crippen molar-refractivity contribution in [2.24, 2.45) is 0 Å². The second-order valence-electron chi connectivity index (χ2n) is 5.32. The van der Waals surface area contributed by atoms with E-state index in [1.807, 2.05) is 31.2 Å². The monoisotopic (exact) mass is 317 g/mol. The lowest BCUT2D eigenvalue weighted by molar-refractivity contribution is 0.187. The Bertz CT molecular complexity index is 641. The average molecular weight is 317 g/mol. The van der Waals surface area contributed by atoms with Crippen molar-refractivity contribution in [1.29, 1.82) is 0 Å². The number of aliphatic hydroxyl groups excluding tert-OH is 1. The molecule has 7 nitrogen and oxygen atoms in total. The molecule has 2 rings (SSSR count). The van der Waals surface area contributed by atoms with Crippen molar-refractivity contribution in [3.63, 3.8) is 0 Å². The summed E-state index contributed by atoms with van der Waals surface area (Å²) in [6, 6.07) is 7.17. The van der Waals surface area contributed by atoms with Crippen LogP contribution in [-0.2, 0) is 0 Å². The maximum absolute atomic E-state index is 12.3. The number of aryl methyl sites for hydroxylation is 1. The summed E-state index contributed by atoms with van der Waals surface area (Å²) in [5.74, 6) is 1.33. The normalized spacial score (nSPS) is 10.6. The highest BCUT2D eigenvalue weighted by atomic mass is 16.3. The van der Waals surface area contributed by atoms with Crippen LogP contribution in [0, 0.1) is 6.92 Å². The predicted octanol–water partition coefficient (Wildman–Crippen LogP) is 2.41. The number of aromatic nitrogens is 3. The third kappa shape index (κ3) is 4.79. The molecule has 3 N–H and O–H groups in total. The van der Waals surface area contributed by atoms with Gasteiger partial charge in [0.2, 0.25) is 0 Å². The number of unbranched alkanes of at least 4 members (excludes halogenated alkanes) is 1. The van der Waals surface area contributed by atoms with Crippen molar-refractivity contribution in [1.82, 2.24) is 20.1 Å². The van der Waals surface area contributed by atoms with E-state index in [0.29, 0.717) is 24.6 Å². The molecule has 0 saturated heterocycles. The Morgan fingerprint density at radius 2 is 2.22 bits per heavy atom. The van der Waals surface area contributed by atoms with Crippen molar-refractivity contribution < 1.29 is 9.90 Å². The summed E-state index contributed by atoms with van der Waals surface area (Å²) in [6.45, 7) is 4.81. The van der Waals surface area contributed by atoms with E-state index < -0.39 is 0 Å². The van der Waals surface area contributed by atoms with E-state index in [0.717, 1.165) is 24.2 Å².